The zero-order valence-electron chi connectivity index (χ0n) is 13.8. The Morgan fingerprint density at radius 1 is 1.23 bits per heavy atom. The Kier molecular flexibility index (Phi) is 4.35. The predicted octanol–water partition coefficient (Wildman–Crippen LogP) is 3.35. The van der Waals surface area contributed by atoms with E-state index >= 15 is 0 Å². The summed E-state index contributed by atoms with van der Waals surface area (Å²) in [5, 5.41) is 6.56. The van der Waals surface area contributed by atoms with Crippen LogP contribution in [0.5, 0.6) is 5.75 Å². The molecule has 26 heavy (non-hydrogen) atoms. The number of rotatable bonds is 6. The summed E-state index contributed by atoms with van der Waals surface area (Å²) in [5.74, 6) is 0.409. The summed E-state index contributed by atoms with van der Waals surface area (Å²) in [6.45, 7) is 0.0927. The van der Waals surface area contributed by atoms with Crippen molar-refractivity contribution in [1.29, 1.82) is 0 Å². The van der Waals surface area contributed by atoms with Gasteiger partial charge >= 0.3 is 0 Å². The lowest BCUT2D eigenvalue weighted by molar-refractivity contribution is 0.0945. The summed E-state index contributed by atoms with van der Waals surface area (Å²) >= 11 is 0. The van der Waals surface area contributed by atoms with Crippen molar-refractivity contribution in [2.75, 3.05) is 0 Å². The van der Waals surface area contributed by atoms with Gasteiger partial charge in [-0.1, -0.05) is 23.4 Å². The maximum Gasteiger partial charge on any atom is 0.258 e. The Labute approximate surface area is 149 Å². The zero-order valence-corrected chi connectivity index (χ0v) is 13.8. The third kappa shape index (κ3) is 3.72. The summed E-state index contributed by atoms with van der Waals surface area (Å²) < 4.78 is 24.2. The van der Waals surface area contributed by atoms with Crippen molar-refractivity contribution in [3.05, 3.63) is 65.7 Å². The van der Waals surface area contributed by atoms with Crippen molar-refractivity contribution >= 4 is 5.91 Å². The van der Waals surface area contributed by atoms with E-state index in [-0.39, 0.29) is 30.3 Å². The number of nitrogens with zero attached hydrogens (tertiary/aromatic N) is 2. The molecule has 0 saturated heterocycles. The lowest BCUT2D eigenvalue weighted by Gasteiger charge is -2.10. The van der Waals surface area contributed by atoms with Crippen LogP contribution in [0, 0.1) is 5.82 Å². The van der Waals surface area contributed by atoms with Crippen LogP contribution in [0.3, 0.4) is 0 Å². The molecule has 6 nitrogen and oxygen atoms in total. The number of hydrogen-bond acceptors (Lipinski definition) is 5. The summed E-state index contributed by atoms with van der Waals surface area (Å²) in [6.07, 6.45) is 2.23. The van der Waals surface area contributed by atoms with E-state index in [9.17, 15) is 9.18 Å². The quantitative estimate of drug-likeness (QED) is 0.735. The fraction of sp³-hybridized carbons (Fsp3) is 0.211. The average molecular weight is 353 g/mol. The van der Waals surface area contributed by atoms with Gasteiger partial charge in [0, 0.05) is 5.56 Å². The molecule has 0 radical (unpaired) electrons. The van der Waals surface area contributed by atoms with Gasteiger partial charge in [-0.25, -0.2) is 4.39 Å². The third-order valence-electron chi connectivity index (χ3n) is 3.90. The minimum absolute atomic E-state index is 0.0927. The summed E-state index contributed by atoms with van der Waals surface area (Å²) in [4.78, 5) is 16.6. The van der Waals surface area contributed by atoms with Crippen LogP contribution in [-0.2, 0) is 6.54 Å². The van der Waals surface area contributed by atoms with Crippen LogP contribution in [0.2, 0.25) is 0 Å². The van der Waals surface area contributed by atoms with Gasteiger partial charge in [0.15, 0.2) is 5.82 Å². The highest BCUT2D eigenvalue weighted by Crippen LogP contribution is 2.29. The van der Waals surface area contributed by atoms with E-state index in [1.807, 2.05) is 6.07 Å². The second kappa shape index (κ2) is 6.95. The van der Waals surface area contributed by atoms with Gasteiger partial charge in [0.05, 0.1) is 18.2 Å². The molecule has 0 bridgehead atoms. The molecule has 1 aliphatic rings. The second-order valence-corrected chi connectivity index (χ2v) is 6.02. The highest BCUT2D eigenvalue weighted by atomic mass is 19.1. The van der Waals surface area contributed by atoms with E-state index < -0.39 is 0 Å². The Bertz CT molecular complexity index is 937. The molecule has 0 aliphatic heterocycles. The molecule has 1 heterocycles. The molecule has 4 rings (SSSR count). The number of hydrogen-bond donors (Lipinski definition) is 1. The van der Waals surface area contributed by atoms with Crippen LogP contribution in [0.4, 0.5) is 4.39 Å². The number of ether oxygens (including phenoxy) is 1. The average Bonchev–Trinajstić information content (AvgIpc) is 3.33. The molecule has 1 aromatic heterocycles. The first kappa shape index (κ1) is 16.3. The van der Waals surface area contributed by atoms with Crippen LogP contribution in [0.25, 0.3) is 11.5 Å². The molecule has 1 fully saturated rings. The number of benzene rings is 2. The standard InChI is InChI=1S/C19H16FN3O3/c20-13-5-3-4-12(10-13)19-22-17(23-26-19)11-21-18(24)15-6-1-2-7-16(15)25-14-8-9-14/h1-7,10,14H,8-9,11H2,(H,21,24). The van der Waals surface area contributed by atoms with Crippen molar-refractivity contribution in [2.45, 2.75) is 25.5 Å². The Morgan fingerprint density at radius 2 is 2.08 bits per heavy atom. The molecule has 0 atom stereocenters. The molecule has 1 aliphatic carbocycles. The molecule has 1 amide bonds. The Morgan fingerprint density at radius 3 is 2.88 bits per heavy atom. The van der Waals surface area contributed by atoms with E-state index in [1.54, 1.807) is 30.3 Å². The number of carbonyl (C=O) groups excluding carboxylic acids is 1. The van der Waals surface area contributed by atoms with Gasteiger partial charge in [-0.3, -0.25) is 4.79 Å². The Hall–Kier alpha value is -3.22. The van der Waals surface area contributed by atoms with E-state index in [4.69, 9.17) is 9.26 Å². The summed E-state index contributed by atoms with van der Waals surface area (Å²) in [7, 11) is 0. The van der Waals surface area contributed by atoms with Gasteiger partial charge in [0.1, 0.15) is 11.6 Å². The minimum Gasteiger partial charge on any atom is -0.490 e. The van der Waals surface area contributed by atoms with Crippen LogP contribution >= 0.6 is 0 Å². The number of amides is 1. The van der Waals surface area contributed by atoms with E-state index in [1.165, 1.54) is 12.1 Å². The maximum absolute atomic E-state index is 13.3. The highest BCUT2D eigenvalue weighted by molar-refractivity contribution is 5.96. The van der Waals surface area contributed by atoms with Gasteiger partial charge < -0.3 is 14.6 Å². The smallest absolute Gasteiger partial charge is 0.258 e. The van der Waals surface area contributed by atoms with Gasteiger partial charge in [0.25, 0.3) is 11.8 Å². The molecule has 1 N–H and O–H groups in total. The molecule has 0 spiro atoms. The van der Waals surface area contributed by atoms with Crippen molar-refractivity contribution in [2.24, 2.45) is 0 Å². The first-order valence-corrected chi connectivity index (χ1v) is 8.31. The van der Waals surface area contributed by atoms with Gasteiger partial charge in [-0.05, 0) is 43.2 Å². The van der Waals surface area contributed by atoms with Crippen LogP contribution in [0.15, 0.2) is 53.1 Å². The van der Waals surface area contributed by atoms with Crippen molar-refractivity contribution < 1.29 is 18.4 Å². The molecule has 7 heteroatoms. The minimum atomic E-state index is -0.386. The van der Waals surface area contributed by atoms with Gasteiger partial charge in [0.2, 0.25) is 0 Å². The molecular weight excluding hydrogens is 337 g/mol. The van der Waals surface area contributed by atoms with Crippen molar-refractivity contribution in [3.8, 4) is 17.2 Å². The van der Waals surface area contributed by atoms with E-state index in [2.05, 4.69) is 15.5 Å². The third-order valence-corrected chi connectivity index (χ3v) is 3.90. The first-order valence-electron chi connectivity index (χ1n) is 8.31. The lowest BCUT2D eigenvalue weighted by Crippen LogP contribution is -2.24. The fourth-order valence-electron chi connectivity index (χ4n) is 2.44. The number of para-hydroxylation sites is 1. The van der Waals surface area contributed by atoms with Crippen molar-refractivity contribution in [3.63, 3.8) is 0 Å². The van der Waals surface area contributed by atoms with E-state index in [0.717, 1.165) is 12.8 Å². The SMILES string of the molecule is O=C(NCc1noc(-c2cccc(F)c2)n1)c1ccccc1OC1CC1. The number of nitrogens with one attached hydrogen (secondary N) is 1. The van der Waals surface area contributed by atoms with Crippen LogP contribution in [0.1, 0.15) is 29.0 Å². The largest absolute Gasteiger partial charge is 0.490 e. The maximum atomic E-state index is 13.3. The second-order valence-electron chi connectivity index (χ2n) is 6.02. The fourth-order valence-corrected chi connectivity index (χ4v) is 2.44. The zero-order chi connectivity index (χ0) is 17.9. The molecular formula is C19H16FN3O3. The molecule has 1 saturated carbocycles. The topological polar surface area (TPSA) is 77.3 Å². The molecule has 132 valence electrons. The number of aromatic nitrogens is 2. The van der Waals surface area contributed by atoms with Gasteiger partial charge in [-0.2, -0.15) is 4.98 Å². The monoisotopic (exact) mass is 353 g/mol. The summed E-state index contributed by atoms with van der Waals surface area (Å²) in [5.41, 5.74) is 0.950. The Balaban J connectivity index is 1.42. The summed E-state index contributed by atoms with van der Waals surface area (Å²) in [6, 6.07) is 13.0. The molecule has 2 aromatic carbocycles. The van der Waals surface area contributed by atoms with Crippen LogP contribution in [-0.4, -0.2) is 22.2 Å². The van der Waals surface area contributed by atoms with Gasteiger partial charge in [-0.15, -0.1) is 0 Å². The normalized spacial score (nSPS) is 13.4. The van der Waals surface area contributed by atoms with Crippen LogP contribution < -0.4 is 10.1 Å². The highest BCUT2D eigenvalue weighted by Gasteiger charge is 2.25. The number of carbonyl (C=O) groups is 1. The van der Waals surface area contributed by atoms with E-state index in [0.29, 0.717) is 22.7 Å². The first-order chi connectivity index (χ1) is 12.7. The molecule has 3 aromatic rings. The molecule has 0 unspecified atom stereocenters. The lowest BCUT2D eigenvalue weighted by atomic mass is 10.2. The predicted molar refractivity (Wildman–Crippen MR) is 91.0 cm³/mol. The number of halogens is 1. The van der Waals surface area contributed by atoms with Crippen molar-refractivity contribution in [1.82, 2.24) is 15.5 Å².